The molecule has 0 atom stereocenters. The van der Waals surface area contributed by atoms with Crippen molar-refractivity contribution in [2.45, 2.75) is 66.2 Å². The number of benzene rings is 4. The van der Waals surface area contributed by atoms with Gasteiger partial charge in [0.1, 0.15) is 17.5 Å². The van der Waals surface area contributed by atoms with Gasteiger partial charge in [0, 0.05) is 245 Å². The third-order valence-corrected chi connectivity index (χ3v) is 21.6. The van der Waals surface area contributed by atoms with E-state index >= 15 is 0 Å². The topological polar surface area (TPSA) is 244 Å². The summed E-state index contributed by atoms with van der Waals surface area (Å²) in [7, 11) is 0. The fraction of sp³-hybridized carbons (Fsp3) is 0.317. The van der Waals surface area contributed by atoms with Gasteiger partial charge in [-0.2, -0.15) is 0 Å². The summed E-state index contributed by atoms with van der Waals surface area (Å²) in [6.07, 6.45) is 4.34. The Morgan fingerprint density at radius 3 is 1.12 bits per heavy atom. The van der Waals surface area contributed by atoms with Crippen molar-refractivity contribution in [3.05, 3.63) is 298 Å². The second kappa shape index (κ2) is 37.4. The number of aromatic nitrogens is 8. The first-order valence-electron chi connectivity index (χ1n) is 37.2. The molecule has 4 fully saturated rings. The highest BCUT2D eigenvalue weighted by Crippen LogP contribution is 2.28. The molecule has 0 amide bonds. The van der Waals surface area contributed by atoms with E-state index in [0.717, 1.165) is 115 Å². The first-order valence-corrected chi connectivity index (χ1v) is 39.0. The van der Waals surface area contributed by atoms with E-state index in [4.69, 9.17) is 58.0 Å². The van der Waals surface area contributed by atoms with E-state index in [9.17, 15) is 52.8 Å². The molecule has 0 saturated carbocycles. The average Bonchev–Trinajstić information content (AvgIpc) is 0.767. The largest absolute Gasteiger partial charge is 0.504 e. The van der Waals surface area contributed by atoms with Crippen molar-refractivity contribution in [1.29, 1.82) is 0 Å². The van der Waals surface area contributed by atoms with Gasteiger partial charge in [0.15, 0.2) is 45.6 Å². The minimum Gasteiger partial charge on any atom is -0.504 e. The molecule has 0 spiro atoms. The molecule has 8 aromatic heterocycles. The number of rotatable bonds is 16. The lowest BCUT2D eigenvalue weighted by atomic mass is 10.1. The summed E-state index contributed by atoms with van der Waals surface area (Å²) in [4.78, 5) is 85.2. The van der Waals surface area contributed by atoms with Crippen molar-refractivity contribution in [3.8, 4) is 23.0 Å². The molecule has 4 saturated heterocycles. The number of halogens is 8. The van der Waals surface area contributed by atoms with Crippen LogP contribution in [-0.4, -0.2) is 202 Å². The van der Waals surface area contributed by atoms with Crippen LogP contribution >= 0.6 is 58.0 Å². The predicted molar refractivity (Wildman–Crippen MR) is 435 cm³/mol. The first-order chi connectivity index (χ1) is 54.8. The molecule has 0 bridgehead atoms. The molecule has 4 aliphatic heterocycles. The standard InChI is InChI=1S/C21H23ClN4O2.C21H23FN4O2.C20H19Cl3N4O2.C20H19ClF2N4O2/c1-15-2-4-16(5-3-15)12-24-6-8-25(9-7-24)14-18-11-20(28)26-13-17(22)10-19(27)21(26)23-18;1-15-6-7-19(27)21-23-17(12-20(28)26(15)21)14-25-10-8-24(9-11-25)13-16-4-2-3-5-18(16)22;21-14-2-1-13(17(23)7-14)10-25-3-5-26(6-4-25)12-16-9-19(29)27-11-15(22)8-18(28)20(27)24-16;21-14-8-18(28)20-24-16(9-19(29)27(20)11-14)12-26-5-3-25(4-6-26)10-13-7-15(22)1-2-17(13)23/h2-5,10-11,13,27H,6-9,12,14H2,1H3;2-7,12,27H,8-11,13-14H2,1H3;2*1-2,7-9,11,28H,3-6,10,12H2. The number of fused-ring (bicyclic) bond motifs is 4. The van der Waals surface area contributed by atoms with Crippen LogP contribution < -0.4 is 22.2 Å². The van der Waals surface area contributed by atoms with Crippen molar-refractivity contribution in [1.82, 2.24) is 76.7 Å². The molecule has 4 aliphatic rings. The highest BCUT2D eigenvalue weighted by molar-refractivity contribution is 6.35. The molecule has 596 valence electrons. The Morgan fingerprint density at radius 2 is 0.702 bits per heavy atom. The van der Waals surface area contributed by atoms with Gasteiger partial charge in [-0.25, -0.2) is 33.1 Å². The Morgan fingerprint density at radius 1 is 0.333 bits per heavy atom. The van der Waals surface area contributed by atoms with Gasteiger partial charge in [0.05, 0.1) is 37.8 Å². The summed E-state index contributed by atoms with van der Waals surface area (Å²) in [6.45, 7) is 22.0. The lowest BCUT2D eigenvalue weighted by Gasteiger charge is -2.34. The van der Waals surface area contributed by atoms with Gasteiger partial charge < -0.3 is 20.4 Å². The Kier molecular flexibility index (Phi) is 27.0. The van der Waals surface area contributed by atoms with Crippen LogP contribution in [0, 0.1) is 31.3 Å². The SMILES string of the molecule is Cc1ccc(CN2CCN(Cc3cc(=O)n4cc(Cl)cc(O)c4n3)CC2)cc1.Cc1ccc(O)c2nc(CN3CCN(Cc4ccccc4F)CC3)cc(=O)n12.O=c1cc(CN2CCN(Cc3cc(F)ccc3F)CC2)nc2c(O)cc(Cl)cn12.O=c1cc(CN2CCN(Cc3ccc(Cl)cc3Cl)CC2)nc2c(O)cc(Cl)cn12. The zero-order valence-electron chi connectivity index (χ0n) is 62.6. The Hall–Kier alpha value is -9.56. The number of nitrogens with zero attached hydrogens (tertiary/aromatic N) is 16. The number of hydrogen-bond donors (Lipinski definition) is 4. The molecule has 24 nitrogen and oxygen atoms in total. The smallest absolute Gasteiger partial charge is 0.258 e. The van der Waals surface area contributed by atoms with E-state index < -0.39 is 11.6 Å². The fourth-order valence-electron chi connectivity index (χ4n) is 14.3. The normalized spacial score (nSPS) is 15.9. The number of aryl methyl sites for hydroxylation is 2. The Balaban J connectivity index is 0.000000133. The minimum atomic E-state index is -0.446. The fourth-order valence-corrected chi connectivity index (χ4v) is 15.3. The van der Waals surface area contributed by atoms with Gasteiger partial charge in [0.2, 0.25) is 0 Å². The van der Waals surface area contributed by atoms with E-state index in [1.54, 1.807) is 24.3 Å². The lowest BCUT2D eigenvalue weighted by molar-refractivity contribution is 0.120. The maximum Gasteiger partial charge on any atom is 0.258 e. The summed E-state index contributed by atoms with van der Waals surface area (Å²) in [5, 5.41) is 42.4. The zero-order valence-corrected chi connectivity index (χ0v) is 66.4. The molecule has 0 aliphatic carbocycles. The first kappa shape index (κ1) is 82.4. The van der Waals surface area contributed by atoms with E-state index in [0.29, 0.717) is 120 Å². The third kappa shape index (κ3) is 21.3. The molecular formula is C82H84Cl5F3N16O8. The predicted octanol–water partition coefficient (Wildman–Crippen LogP) is 11.2. The second-order valence-electron chi connectivity index (χ2n) is 28.8. The van der Waals surface area contributed by atoms with Crippen LogP contribution in [0.4, 0.5) is 13.2 Å². The highest BCUT2D eigenvalue weighted by atomic mass is 35.5. The van der Waals surface area contributed by atoms with Crippen LogP contribution in [0.1, 0.15) is 56.3 Å². The van der Waals surface area contributed by atoms with Crippen LogP contribution in [0.5, 0.6) is 23.0 Å². The molecule has 12 aromatic rings. The van der Waals surface area contributed by atoms with Crippen molar-refractivity contribution in [3.63, 3.8) is 0 Å². The van der Waals surface area contributed by atoms with Crippen molar-refractivity contribution in [2.24, 2.45) is 0 Å². The second-order valence-corrected chi connectivity index (χ2v) is 31.0. The van der Waals surface area contributed by atoms with Gasteiger partial charge >= 0.3 is 0 Å². The maximum atomic E-state index is 13.8. The number of aromatic hydroxyl groups is 4. The maximum absolute atomic E-state index is 13.8. The summed E-state index contributed by atoms with van der Waals surface area (Å²) < 4.78 is 46.2. The van der Waals surface area contributed by atoms with Crippen molar-refractivity contribution >= 4 is 80.6 Å². The van der Waals surface area contributed by atoms with Gasteiger partial charge in [-0.15, -0.1) is 0 Å². The van der Waals surface area contributed by atoms with Crippen LogP contribution in [-0.2, 0) is 52.4 Å². The monoisotopic (exact) mass is 1650 g/mol. The summed E-state index contributed by atoms with van der Waals surface area (Å²) in [6, 6.07) is 38.0. The third-order valence-electron chi connectivity index (χ3n) is 20.4. The van der Waals surface area contributed by atoms with Gasteiger partial charge in [-0.1, -0.05) is 112 Å². The molecule has 4 aromatic carbocycles. The number of pyridine rings is 4. The number of piperazine rings is 4. The average molecular weight is 1660 g/mol. The zero-order chi connectivity index (χ0) is 80.4. The Labute approximate surface area is 679 Å². The molecule has 32 heteroatoms. The van der Waals surface area contributed by atoms with Crippen LogP contribution in [0.15, 0.2) is 177 Å². The molecular weight excluding hydrogens is 1570 g/mol. The summed E-state index contributed by atoms with van der Waals surface area (Å²) >= 11 is 29.9. The van der Waals surface area contributed by atoms with Crippen molar-refractivity contribution in [2.75, 3.05) is 105 Å². The van der Waals surface area contributed by atoms with Crippen LogP contribution in [0.25, 0.3) is 22.6 Å². The van der Waals surface area contributed by atoms with E-state index in [1.807, 2.05) is 31.2 Å². The van der Waals surface area contributed by atoms with Gasteiger partial charge in [-0.05, 0) is 73.5 Å². The lowest BCUT2D eigenvalue weighted by Crippen LogP contribution is -2.45. The molecule has 0 radical (unpaired) electrons. The van der Waals surface area contributed by atoms with Crippen LogP contribution in [0.3, 0.4) is 0 Å². The molecule has 114 heavy (non-hydrogen) atoms. The van der Waals surface area contributed by atoms with Crippen molar-refractivity contribution < 1.29 is 33.6 Å². The Bertz CT molecular complexity index is 5720. The molecule has 0 unspecified atom stereocenters. The van der Waals surface area contributed by atoms with Gasteiger partial charge in [0.25, 0.3) is 22.2 Å². The number of hydrogen-bond acceptors (Lipinski definition) is 20. The van der Waals surface area contributed by atoms with E-state index in [1.165, 1.54) is 102 Å². The molecule has 16 rings (SSSR count). The van der Waals surface area contributed by atoms with Crippen LogP contribution in [0.2, 0.25) is 25.1 Å². The van der Waals surface area contributed by atoms with E-state index in [-0.39, 0.29) is 78.0 Å². The quantitative estimate of drug-likeness (QED) is 0.0702. The molecule has 4 N–H and O–H groups in total. The van der Waals surface area contributed by atoms with E-state index in [2.05, 4.69) is 90.3 Å². The molecule has 12 heterocycles. The van der Waals surface area contributed by atoms with Gasteiger partial charge in [-0.3, -0.25) is 76.0 Å². The summed E-state index contributed by atoms with van der Waals surface area (Å²) in [5.74, 6) is -1.37. The summed E-state index contributed by atoms with van der Waals surface area (Å²) in [5.41, 5.74) is 7.85. The highest BCUT2D eigenvalue weighted by Gasteiger charge is 2.25. The minimum absolute atomic E-state index is 0.000688.